The molecule has 0 atom stereocenters. The molecule has 6 heteroatoms. The summed E-state index contributed by atoms with van der Waals surface area (Å²) in [6.07, 6.45) is 1.61. The lowest BCUT2D eigenvalue weighted by Crippen LogP contribution is -2.53. The maximum absolute atomic E-state index is 12.9. The van der Waals surface area contributed by atoms with E-state index in [-0.39, 0.29) is 24.7 Å². The second-order valence-electron chi connectivity index (χ2n) is 6.18. The van der Waals surface area contributed by atoms with E-state index in [0.29, 0.717) is 11.3 Å². The first-order valence-electron chi connectivity index (χ1n) is 8.52. The predicted octanol–water partition coefficient (Wildman–Crippen LogP) is 2.45. The fourth-order valence-corrected chi connectivity index (χ4v) is 2.90. The van der Waals surface area contributed by atoms with Gasteiger partial charge in [0.15, 0.2) is 0 Å². The van der Waals surface area contributed by atoms with Crippen molar-refractivity contribution in [3.63, 3.8) is 0 Å². The Morgan fingerprint density at radius 2 is 1.85 bits per heavy atom. The number of piperazine rings is 1. The molecule has 138 valence electrons. The first-order valence-corrected chi connectivity index (χ1v) is 8.52. The molecular formula is C21H20N2O4. The average molecular weight is 364 g/mol. The summed E-state index contributed by atoms with van der Waals surface area (Å²) in [6, 6.07) is 16.6. The molecule has 2 aromatic carbocycles. The zero-order valence-electron chi connectivity index (χ0n) is 15.2. The Balaban J connectivity index is 2.03. The zero-order chi connectivity index (χ0) is 19.4. The lowest BCUT2D eigenvalue weighted by Gasteiger charge is -2.34. The third kappa shape index (κ3) is 4.06. The van der Waals surface area contributed by atoms with Crippen molar-refractivity contribution in [3.8, 4) is 5.75 Å². The van der Waals surface area contributed by atoms with Gasteiger partial charge in [0.25, 0.3) is 5.91 Å². The van der Waals surface area contributed by atoms with Crippen molar-refractivity contribution in [1.29, 1.82) is 0 Å². The molecule has 1 aliphatic heterocycles. The first kappa shape index (κ1) is 18.4. The van der Waals surface area contributed by atoms with Gasteiger partial charge >= 0.3 is 0 Å². The van der Waals surface area contributed by atoms with E-state index in [9.17, 15) is 14.4 Å². The van der Waals surface area contributed by atoms with Gasteiger partial charge < -0.3 is 9.64 Å². The summed E-state index contributed by atoms with van der Waals surface area (Å²) in [5, 5.41) is 0. The molecule has 3 rings (SSSR count). The Morgan fingerprint density at radius 1 is 1.11 bits per heavy atom. The SMILES string of the molecule is COc1cccc(/C=C2/C(=O)N(C(C)=O)CC(=O)N2Cc2ccccc2)c1. The number of carbonyl (C=O) groups is 3. The van der Waals surface area contributed by atoms with Gasteiger partial charge in [0.1, 0.15) is 18.0 Å². The summed E-state index contributed by atoms with van der Waals surface area (Å²) in [5.41, 5.74) is 1.76. The van der Waals surface area contributed by atoms with Gasteiger partial charge in [-0.3, -0.25) is 19.3 Å². The van der Waals surface area contributed by atoms with Gasteiger partial charge in [0, 0.05) is 6.92 Å². The Hall–Kier alpha value is -3.41. The van der Waals surface area contributed by atoms with E-state index in [4.69, 9.17) is 4.74 Å². The van der Waals surface area contributed by atoms with E-state index in [1.807, 2.05) is 30.3 Å². The molecule has 0 unspecified atom stereocenters. The van der Waals surface area contributed by atoms with Crippen molar-refractivity contribution in [2.24, 2.45) is 0 Å². The van der Waals surface area contributed by atoms with Gasteiger partial charge in [-0.1, -0.05) is 42.5 Å². The van der Waals surface area contributed by atoms with Crippen molar-refractivity contribution in [2.45, 2.75) is 13.5 Å². The van der Waals surface area contributed by atoms with Crippen LogP contribution in [0.5, 0.6) is 5.75 Å². The van der Waals surface area contributed by atoms with E-state index in [2.05, 4.69) is 0 Å². The van der Waals surface area contributed by atoms with Crippen LogP contribution in [0.15, 0.2) is 60.3 Å². The quantitative estimate of drug-likeness (QED) is 0.782. The molecule has 0 spiro atoms. The van der Waals surface area contributed by atoms with Crippen molar-refractivity contribution < 1.29 is 19.1 Å². The maximum Gasteiger partial charge on any atom is 0.277 e. The number of imide groups is 1. The van der Waals surface area contributed by atoms with Crippen LogP contribution >= 0.6 is 0 Å². The third-order valence-corrected chi connectivity index (χ3v) is 4.31. The molecule has 0 bridgehead atoms. The fourth-order valence-electron chi connectivity index (χ4n) is 2.90. The number of ether oxygens (including phenoxy) is 1. The van der Waals surface area contributed by atoms with E-state index in [1.165, 1.54) is 11.8 Å². The van der Waals surface area contributed by atoms with Gasteiger partial charge in [-0.25, -0.2) is 0 Å². The number of methoxy groups -OCH3 is 1. The standard InChI is InChI=1S/C21H20N2O4/c1-15(24)22-14-20(25)23(13-16-7-4-3-5-8-16)19(21(22)26)12-17-9-6-10-18(11-17)27-2/h3-12H,13-14H2,1-2H3/b19-12-. The number of nitrogens with zero attached hydrogens (tertiary/aromatic N) is 2. The fraction of sp³-hybridized carbons (Fsp3) is 0.190. The highest BCUT2D eigenvalue weighted by atomic mass is 16.5. The molecule has 0 saturated carbocycles. The minimum atomic E-state index is -0.485. The number of amides is 3. The van der Waals surface area contributed by atoms with Gasteiger partial charge in [-0.15, -0.1) is 0 Å². The van der Waals surface area contributed by atoms with Crippen molar-refractivity contribution in [2.75, 3.05) is 13.7 Å². The molecule has 2 aromatic rings. The largest absolute Gasteiger partial charge is 0.497 e. The monoisotopic (exact) mass is 364 g/mol. The van der Waals surface area contributed by atoms with Gasteiger partial charge in [0.05, 0.1) is 13.7 Å². The summed E-state index contributed by atoms with van der Waals surface area (Å²) >= 11 is 0. The van der Waals surface area contributed by atoms with Crippen molar-refractivity contribution >= 4 is 23.8 Å². The first-order chi connectivity index (χ1) is 13.0. The second kappa shape index (κ2) is 7.86. The van der Waals surface area contributed by atoms with Gasteiger partial charge in [0.2, 0.25) is 11.8 Å². The molecule has 0 aromatic heterocycles. The Labute approximate surface area is 157 Å². The van der Waals surface area contributed by atoms with E-state index in [1.54, 1.807) is 37.5 Å². The van der Waals surface area contributed by atoms with Crippen LogP contribution in [0.4, 0.5) is 0 Å². The van der Waals surface area contributed by atoms with Crippen LogP contribution in [-0.4, -0.2) is 41.2 Å². The van der Waals surface area contributed by atoms with E-state index >= 15 is 0 Å². The molecule has 6 nitrogen and oxygen atoms in total. The molecule has 0 aliphatic carbocycles. The molecule has 1 aliphatic rings. The van der Waals surface area contributed by atoms with Crippen molar-refractivity contribution in [3.05, 3.63) is 71.4 Å². The molecule has 3 amide bonds. The van der Waals surface area contributed by atoms with Crippen LogP contribution in [0, 0.1) is 0 Å². The summed E-state index contributed by atoms with van der Waals surface area (Å²) in [6.45, 7) is 1.28. The third-order valence-electron chi connectivity index (χ3n) is 4.31. The number of benzene rings is 2. The minimum Gasteiger partial charge on any atom is -0.497 e. The summed E-state index contributed by atoms with van der Waals surface area (Å²) in [5.74, 6) is -0.607. The van der Waals surface area contributed by atoms with Crippen LogP contribution in [0.25, 0.3) is 6.08 Å². The van der Waals surface area contributed by atoms with E-state index < -0.39 is 11.8 Å². The molecular weight excluding hydrogens is 344 g/mol. The van der Waals surface area contributed by atoms with Crippen LogP contribution in [0.1, 0.15) is 18.1 Å². The van der Waals surface area contributed by atoms with E-state index in [0.717, 1.165) is 10.5 Å². The van der Waals surface area contributed by atoms with Gasteiger partial charge in [-0.05, 0) is 29.3 Å². The van der Waals surface area contributed by atoms with Crippen LogP contribution in [0.3, 0.4) is 0 Å². The van der Waals surface area contributed by atoms with Crippen LogP contribution in [0.2, 0.25) is 0 Å². The molecule has 0 N–H and O–H groups in total. The molecule has 1 saturated heterocycles. The number of hydrogen-bond donors (Lipinski definition) is 0. The summed E-state index contributed by atoms with van der Waals surface area (Å²) in [4.78, 5) is 39.8. The van der Waals surface area contributed by atoms with Crippen LogP contribution in [-0.2, 0) is 20.9 Å². The normalized spacial score (nSPS) is 16.0. The topological polar surface area (TPSA) is 66.9 Å². The lowest BCUT2D eigenvalue weighted by atomic mass is 10.1. The summed E-state index contributed by atoms with van der Waals surface area (Å²) < 4.78 is 5.21. The second-order valence-corrected chi connectivity index (χ2v) is 6.18. The van der Waals surface area contributed by atoms with Crippen molar-refractivity contribution in [1.82, 2.24) is 9.80 Å². The molecule has 27 heavy (non-hydrogen) atoms. The Morgan fingerprint density at radius 3 is 2.52 bits per heavy atom. The Kier molecular flexibility index (Phi) is 5.35. The molecule has 0 radical (unpaired) electrons. The highest BCUT2D eigenvalue weighted by Gasteiger charge is 2.36. The molecule has 1 heterocycles. The number of carbonyl (C=O) groups excluding carboxylic acids is 3. The highest BCUT2D eigenvalue weighted by molar-refractivity contribution is 6.12. The predicted molar refractivity (Wildman–Crippen MR) is 100 cm³/mol. The Bertz CT molecular complexity index is 905. The minimum absolute atomic E-state index is 0.165. The lowest BCUT2D eigenvalue weighted by molar-refractivity contribution is -0.153. The molecule has 1 fully saturated rings. The number of rotatable bonds is 4. The number of hydrogen-bond acceptors (Lipinski definition) is 4. The maximum atomic E-state index is 12.9. The highest BCUT2D eigenvalue weighted by Crippen LogP contribution is 2.23. The summed E-state index contributed by atoms with van der Waals surface area (Å²) in [7, 11) is 1.56. The van der Waals surface area contributed by atoms with Gasteiger partial charge in [-0.2, -0.15) is 0 Å². The van der Waals surface area contributed by atoms with Crippen LogP contribution < -0.4 is 4.74 Å². The zero-order valence-corrected chi connectivity index (χ0v) is 15.2. The smallest absolute Gasteiger partial charge is 0.277 e. The average Bonchev–Trinajstić information content (AvgIpc) is 2.68.